The average Bonchev–Trinajstić information content (AvgIpc) is 3.15. The number of H-pyrrole nitrogens is 1. The molecule has 1 amide bonds. The first-order chi connectivity index (χ1) is 11.6. The van der Waals surface area contributed by atoms with Gasteiger partial charge in [0.15, 0.2) is 11.5 Å². The van der Waals surface area contributed by atoms with Gasteiger partial charge in [0.2, 0.25) is 0 Å². The van der Waals surface area contributed by atoms with Crippen LogP contribution in [0, 0.1) is 0 Å². The number of benzene rings is 1. The number of aromatic nitrogens is 2. The SMILES string of the molecule is COc1cc(C(=O)N2CCCC(c3ccn[nH]3)C2)cc(Cl)c1OC. The molecule has 6 nitrogen and oxygen atoms in total. The highest BCUT2D eigenvalue weighted by Crippen LogP contribution is 2.36. The van der Waals surface area contributed by atoms with Crippen LogP contribution >= 0.6 is 11.6 Å². The van der Waals surface area contributed by atoms with Crippen LogP contribution in [0.2, 0.25) is 5.02 Å². The molecule has 0 saturated carbocycles. The van der Waals surface area contributed by atoms with Gasteiger partial charge in [-0.3, -0.25) is 9.89 Å². The Morgan fingerprint density at radius 2 is 2.21 bits per heavy atom. The Bertz CT molecular complexity index is 718. The van der Waals surface area contributed by atoms with Crippen LogP contribution in [0.25, 0.3) is 0 Å². The Labute approximate surface area is 145 Å². The van der Waals surface area contributed by atoms with E-state index in [1.807, 2.05) is 11.0 Å². The number of nitrogens with zero attached hydrogens (tertiary/aromatic N) is 2. The van der Waals surface area contributed by atoms with E-state index in [-0.39, 0.29) is 11.8 Å². The summed E-state index contributed by atoms with van der Waals surface area (Å²) in [6, 6.07) is 5.27. The van der Waals surface area contributed by atoms with Crippen LogP contribution in [0.3, 0.4) is 0 Å². The molecular weight excluding hydrogens is 330 g/mol. The number of rotatable bonds is 4. The predicted octanol–water partition coefficient (Wildman–Crippen LogP) is 3.10. The molecule has 0 radical (unpaired) electrons. The van der Waals surface area contributed by atoms with Gasteiger partial charge in [0.25, 0.3) is 5.91 Å². The Hall–Kier alpha value is -2.21. The molecule has 1 N–H and O–H groups in total. The Balaban J connectivity index is 1.82. The molecule has 128 valence electrons. The fraction of sp³-hybridized carbons (Fsp3) is 0.412. The summed E-state index contributed by atoms with van der Waals surface area (Å²) in [5.41, 5.74) is 1.57. The van der Waals surface area contributed by atoms with Crippen molar-refractivity contribution >= 4 is 17.5 Å². The highest BCUT2D eigenvalue weighted by molar-refractivity contribution is 6.32. The smallest absolute Gasteiger partial charge is 0.254 e. The molecule has 2 aromatic rings. The fourth-order valence-corrected chi connectivity index (χ4v) is 3.42. The molecule has 1 saturated heterocycles. The predicted molar refractivity (Wildman–Crippen MR) is 91.0 cm³/mol. The summed E-state index contributed by atoms with van der Waals surface area (Å²) in [7, 11) is 3.04. The van der Waals surface area contributed by atoms with Gasteiger partial charge in [-0.2, -0.15) is 5.10 Å². The van der Waals surface area contributed by atoms with E-state index in [1.54, 1.807) is 18.3 Å². The number of piperidine rings is 1. The first-order valence-electron chi connectivity index (χ1n) is 7.84. The fourth-order valence-electron chi connectivity index (χ4n) is 3.13. The van der Waals surface area contributed by atoms with Crippen molar-refractivity contribution in [3.63, 3.8) is 0 Å². The molecule has 1 unspecified atom stereocenters. The Morgan fingerprint density at radius 1 is 1.38 bits per heavy atom. The summed E-state index contributed by atoms with van der Waals surface area (Å²) in [6.45, 7) is 1.39. The summed E-state index contributed by atoms with van der Waals surface area (Å²) in [6.07, 6.45) is 3.74. The number of halogens is 1. The van der Waals surface area contributed by atoms with Crippen molar-refractivity contribution in [1.82, 2.24) is 15.1 Å². The van der Waals surface area contributed by atoms with Crippen molar-refractivity contribution in [2.75, 3.05) is 27.3 Å². The maximum Gasteiger partial charge on any atom is 0.254 e. The lowest BCUT2D eigenvalue weighted by atomic mass is 9.94. The molecular formula is C17H20ClN3O3. The van der Waals surface area contributed by atoms with Gasteiger partial charge < -0.3 is 14.4 Å². The standard InChI is InChI=1S/C17H20ClN3O3/c1-23-15-9-12(8-13(18)16(15)24-2)17(22)21-7-3-4-11(10-21)14-5-6-19-20-14/h5-6,8-9,11H,3-4,7,10H2,1-2H3,(H,19,20). The second kappa shape index (κ2) is 7.13. The lowest BCUT2D eigenvalue weighted by molar-refractivity contribution is 0.0705. The van der Waals surface area contributed by atoms with Crippen LogP contribution in [-0.4, -0.2) is 48.3 Å². The van der Waals surface area contributed by atoms with Gasteiger partial charge in [-0.1, -0.05) is 11.6 Å². The van der Waals surface area contributed by atoms with Crippen LogP contribution in [0.5, 0.6) is 11.5 Å². The van der Waals surface area contributed by atoms with Gasteiger partial charge in [0.05, 0.1) is 19.2 Å². The zero-order valence-corrected chi connectivity index (χ0v) is 14.5. The van der Waals surface area contributed by atoms with E-state index in [0.717, 1.165) is 25.1 Å². The highest BCUT2D eigenvalue weighted by Gasteiger charge is 2.27. The van der Waals surface area contributed by atoms with Crippen LogP contribution in [0.4, 0.5) is 0 Å². The molecule has 1 aromatic carbocycles. The van der Waals surface area contributed by atoms with Gasteiger partial charge >= 0.3 is 0 Å². The lowest BCUT2D eigenvalue weighted by Gasteiger charge is -2.32. The second-order valence-corrected chi connectivity index (χ2v) is 6.20. The number of nitrogens with one attached hydrogen (secondary N) is 1. The number of amides is 1. The molecule has 1 aromatic heterocycles. The number of likely N-dealkylation sites (tertiary alicyclic amines) is 1. The Kier molecular flexibility index (Phi) is 4.94. The van der Waals surface area contributed by atoms with Gasteiger partial charge in [0, 0.05) is 36.5 Å². The number of aromatic amines is 1. The number of methoxy groups -OCH3 is 2. The molecule has 1 aliphatic heterocycles. The third-order valence-corrected chi connectivity index (χ3v) is 4.63. The number of carbonyl (C=O) groups excluding carboxylic acids is 1. The van der Waals surface area contributed by atoms with E-state index in [0.29, 0.717) is 28.6 Å². The van der Waals surface area contributed by atoms with Crippen LogP contribution in [-0.2, 0) is 0 Å². The molecule has 2 heterocycles. The average molecular weight is 350 g/mol. The third-order valence-electron chi connectivity index (χ3n) is 4.35. The molecule has 0 bridgehead atoms. The molecule has 0 spiro atoms. The summed E-state index contributed by atoms with van der Waals surface area (Å²) in [5.74, 6) is 1.11. The van der Waals surface area contributed by atoms with E-state index >= 15 is 0 Å². The van der Waals surface area contributed by atoms with E-state index in [2.05, 4.69) is 10.2 Å². The van der Waals surface area contributed by atoms with E-state index in [9.17, 15) is 4.79 Å². The number of hydrogen-bond acceptors (Lipinski definition) is 4. The first-order valence-corrected chi connectivity index (χ1v) is 8.22. The second-order valence-electron chi connectivity index (χ2n) is 5.80. The summed E-state index contributed by atoms with van der Waals surface area (Å²) in [5, 5.41) is 7.37. The molecule has 1 fully saturated rings. The van der Waals surface area contributed by atoms with Crippen LogP contribution in [0.15, 0.2) is 24.4 Å². The quantitative estimate of drug-likeness (QED) is 0.921. The van der Waals surface area contributed by atoms with Crippen molar-refractivity contribution in [3.05, 3.63) is 40.7 Å². The summed E-state index contributed by atoms with van der Waals surface area (Å²) >= 11 is 6.22. The van der Waals surface area contributed by atoms with Crippen LogP contribution in [0.1, 0.15) is 34.8 Å². The minimum absolute atomic E-state index is 0.0536. The molecule has 1 aliphatic rings. The highest BCUT2D eigenvalue weighted by atomic mass is 35.5. The van der Waals surface area contributed by atoms with Gasteiger partial charge in [-0.05, 0) is 31.0 Å². The lowest BCUT2D eigenvalue weighted by Crippen LogP contribution is -2.39. The normalized spacial score (nSPS) is 17.6. The Morgan fingerprint density at radius 3 is 2.88 bits per heavy atom. The first kappa shape index (κ1) is 16.6. The minimum Gasteiger partial charge on any atom is -0.493 e. The number of ether oxygens (including phenoxy) is 2. The van der Waals surface area contributed by atoms with Gasteiger partial charge in [0.1, 0.15) is 0 Å². The zero-order chi connectivity index (χ0) is 17.1. The summed E-state index contributed by atoms with van der Waals surface area (Å²) in [4.78, 5) is 14.7. The molecule has 7 heteroatoms. The molecule has 3 rings (SSSR count). The topological polar surface area (TPSA) is 67.5 Å². The van der Waals surface area contributed by atoms with Gasteiger partial charge in [-0.25, -0.2) is 0 Å². The third kappa shape index (κ3) is 3.19. The van der Waals surface area contributed by atoms with E-state index < -0.39 is 0 Å². The number of hydrogen-bond donors (Lipinski definition) is 1. The van der Waals surface area contributed by atoms with E-state index in [1.165, 1.54) is 14.2 Å². The van der Waals surface area contributed by atoms with Crippen molar-refractivity contribution in [2.24, 2.45) is 0 Å². The molecule has 24 heavy (non-hydrogen) atoms. The molecule has 1 atom stereocenters. The van der Waals surface area contributed by atoms with Crippen LogP contribution < -0.4 is 9.47 Å². The minimum atomic E-state index is -0.0536. The maximum atomic E-state index is 12.9. The molecule has 0 aliphatic carbocycles. The van der Waals surface area contributed by atoms with Crippen molar-refractivity contribution < 1.29 is 14.3 Å². The summed E-state index contributed by atoms with van der Waals surface area (Å²) < 4.78 is 10.5. The largest absolute Gasteiger partial charge is 0.493 e. The van der Waals surface area contributed by atoms with Crippen molar-refractivity contribution in [3.8, 4) is 11.5 Å². The zero-order valence-electron chi connectivity index (χ0n) is 13.7. The van der Waals surface area contributed by atoms with E-state index in [4.69, 9.17) is 21.1 Å². The van der Waals surface area contributed by atoms with Crippen molar-refractivity contribution in [2.45, 2.75) is 18.8 Å². The van der Waals surface area contributed by atoms with Gasteiger partial charge in [-0.15, -0.1) is 0 Å². The van der Waals surface area contributed by atoms with Crippen molar-refractivity contribution in [1.29, 1.82) is 0 Å². The maximum absolute atomic E-state index is 12.9. The number of carbonyl (C=O) groups is 1. The monoisotopic (exact) mass is 349 g/mol.